The SMILES string of the molecule is N#Cc1ccc(N2CCCC(N)C2)c2cccnc12. The summed E-state index contributed by atoms with van der Waals surface area (Å²) in [6.45, 7) is 1.89. The maximum Gasteiger partial charge on any atom is 0.101 e. The molecule has 0 radical (unpaired) electrons. The van der Waals surface area contributed by atoms with Crippen molar-refractivity contribution in [2.24, 2.45) is 5.73 Å². The van der Waals surface area contributed by atoms with Crippen molar-refractivity contribution in [2.45, 2.75) is 18.9 Å². The van der Waals surface area contributed by atoms with Crippen molar-refractivity contribution in [1.29, 1.82) is 5.26 Å². The van der Waals surface area contributed by atoms with Gasteiger partial charge in [0.1, 0.15) is 6.07 Å². The summed E-state index contributed by atoms with van der Waals surface area (Å²) < 4.78 is 0. The maximum absolute atomic E-state index is 9.16. The molecule has 1 aliphatic heterocycles. The molecule has 19 heavy (non-hydrogen) atoms. The van der Waals surface area contributed by atoms with E-state index in [9.17, 15) is 0 Å². The molecule has 2 N–H and O–H groups in total. The number of nitrogens with zero attached hydrogens (tertiary/aromatic N) is 3. The van der Waals surface area contributed by atoms with E-state index in [1.807, 2.05) is 24.3 Å². The molecule has 0 bridgehead atoms. The Balaban J connectivity index is 2.12. The summed E-state index contributed by atoms with van der Waals surface area (Å²) in [5.74, 6) is 0. The predicted molar refractivity (Wildman–Crippen MR) is 75.9 cm³/mol. The average molecular weight is 252 g/mol. The Morgan fingerprint density at radius 2 is 2.26 bits per heavy atom. The zero-order valence-corrected chi connectivity index (χ0v) is 10.7. The van der Waals surface area contributed by atoms with E-state index in [-0.39, 0.29) is 6.04 Å². The summed E-state index contributed by atoms with van der Waals surface area (Å²) in [6, 6.07) is 10.2. The fourth-order valence-electron chi connectivity index (χ4n) is 2.75. The van der Waals surface area contributed by atoms with E-state index in [0.29, 0.717) is 5.56 Å². The van der Waals surface area contributed by atoms with Crippen molar-refractivity contribution < 1.29 is 0 Å². The highest BCUT2D eigenvalue weighted by atomic mass is 15.2. The maximum atomic E-state index is 9.16. The fraction of sp³-hybridized carbons (Fsp3) is 0.333. The second kappa shape index (κ2) is 4.87. The molecule has 1 fully saturated rings. The Morgan fingerprint density at radius 1 is 1.37 bits per heavy atom. The van der Waals surface area contributed by atoms with Crippen LogP contribution in [0.25, 0.3) is 10.9 Å². The van der Waals surface area contributed by atoms with Gasteiger partial charge in [-0.15, -0.1) is 0 Å². The molecule has 0 amide bonds. The number of rotatable bonds is 1. The highest BCUT2D eigenvalue weighted by molar-refractivity contribution is 5.95. The molecule has 1 aromatic heterocycles. The molecule has 1 atom stereocenters. The first-order valence-corrected chi connectivity index (χ1v) is 6.58. The predicted octanol–water partition coefficient (Wildman–Crippen LogP) is 2.03. The van der Waals surface area contributed by atoms with Gasteiger partial charge in [-0.25, -0.2) is 0 Å². The van der Waals surface area contributed by atoms with Crippen LogP contribution < -0.4 is 10.6 Å². The van der Waals surface area contributed by atoms with Gasteiger partial charge in [-0.2, -0.15) is 5.26 Å². The number of anilines is 1. The topological polar surface area (TPSA) is 65.9 Å². The molecular weight excluding hydrogens is 236 g/mol. The molecule has 1 aromatic carbocycles. The minimum atomic E-state index is 0.233. The number of nitrogens with two attached hydrogens (primary N) is 1. The molecule has 3 rings (SSSR count). The minimum absolute atomic E-state index is 0.233. The third-order valence-corrected chi connectivity index (χ3v) is 3.67. The van der Waals surface area contributed by atoms with Crippen LogP contribution in [0.15, 0.2) is 30.5 Å². The van der Waals surface area contributed by atoms with Crippen LogP contribution in [0.1, 0.15) is 18.4 Å². The normalized spacial score (nSPS) is 19.4. The lowest BCUT2D eigenvalue weighted by Gasteiger charge is -2.33. The van der Waals surface area contributed by atoms with Crippen molar-refractivity contribution in [2.75, 3.05) is 18.0 Å². The number of aromatic nitrogens is 1. The fourth-order valence-corrected chi connectivity index (χ4v) is 2.75. The smallest absolute Gasteiger partial charge is 0.101 e. The molecular formula is C15H16N4. The Bertz CT molecular complexity index is 644. The summed E-state index contributed by atoms with van der Waals surface area (Å²) in [5, 5.41) is 10.2. The molecule has 2 heterocycles. The quantitative estimate of drug-likeness (QED) is 0.843. The average Bonchev–Trinajstić information content (AvgIpc) is 2.46. The van der Waals surface area contributed by atoms with Crippen LogP contribution >= 0.6 is 0 Å². The van der Waals surface area contributed by atoms with Crippen LogP contribution in [0, 0.1) is 11.3 Å². The van der Waals surface area contributed by atoms with Crippen LogP contribution in [0.4, 0.5) is 5.69 Å². The van der Waals surface area contributed by atoms with Gasteiger partial charge in [0.05, 0.1) is 11.1 Å². The van der Waals surface area contributed by atoms with Crippen LogP contribution in [0.3, 0.4) is 0 Å². The van der Waals surface area contributed by atoms with E-state index in [2.05, 4.69) is 16.0 Å². The monoisotopic (exact) mass is 252 g/mol. The summed E-state index contributed by atoms with van der Waals surface area (Å²) >= 11 is 0. The standard InChI is InChI=1S/C15H16N4/c16-9-11-5-6-14(13-4-1-7-18-15(11)13)19-8-2-3-12(17)10-19/h1,4-7,12H,2-3,8,10,17H2. The van der Waals surface area contributed by atoms with Gasteiger partial charge in [-0.1, -0.05) is 0 Å². The Kier molecular flexibility index (Phi) is 3.06. The Morgan fingerprint density at radius 3 is 3.05 bits per heavy atom. The molecule has 2 aromatic rings. The Hall–Kier alpha value is -2.12. The first kappa shape index (κ1) is 11.9. The van der Waals surface area contributed by atoms with E-state index in [0.717, 1.165) is 42.5 Å². The molecule has 4 nitrogen and oxygen atoms in total. The van der Waals surface area contributed by atoms with Gasteiger partial charge in [0, 0.05) is 36.4 Å². The number of piperidine rings is 1. The van der Waals surface area contributed by atoms with Gasteiger partial charge >= 0.3 is 0 Å². The molecule has 1 unspecified atom stereocenters. The van der Waals surface area contributed by atoms with E-state index < -0.39 is 0 Å². The number of fused-ring (bicyclic) bond motifs is 1. The van der Waals surface area contributed by atoms with Crippen LogP contribution in [-0.2, 0) is 0 Å². The number of hydrogen-bond donors (Lipinski definition) is 1. The van der Waals surface area contributed by atoms with Gasteiger partial charge in [0.2, 0.25) is 0 Å². The summed E-state index contributed by atoms with van der Waals surface area (Å²) in [7, 11) is 0. The second-order valence-corrected chi connectivity index (χ2v) is 4.99. The molecule has 1 saturated heterocycles. The lowest BCUT2D eigenvalue weighted by atomic mass is 10.0. The van der Waals surface area contributed by atoms with Gasteiger partial charge in [-0.05, 0) is 37.1 Å². The van der Waals surface area contributed by atoms with Crippen LogP contribution in [-0.4, -0.2) is 24.1 Å². The van der Waals surface area contributed by atoms with E-state index in [1.54, 1.807) is 6.20 Å². The first-order valence-electron chi connectivity index (χ1n) is 6.58. The molecule has 0 aliphatic carbocycles. The van der Waals surface area contributed by atoms with Gasteiger partial charge in [-0.3, -0.25) is 4.98 Å². The van der Waals surface area contributed by atoms with Gasteiger partial charge < -0.3 is 10.6 Å². The number of nitriles is 1. The van der Waals surface area contributed by atoms with Crippen molar-refractivity contribution in [1.82, 2.24) is 4.98 Å². The lowest BCUT2D eigenvalue weighted by Crippen LogP contribution is -2.42. The van der Waals surface area contributed by atoms with Gasteiger partial charge in [0.15, 0.2) is 0 Å². The number of benzene rings is 1. The van der Waals surface area contributed by atoms with Gasteiger partial charge in [0.25, 0.3) is 0 Å². The molecule has 1 aliphatic rings. The summed E-state index contributed by atoms with van der Waals surface area (Å²) in [4.78, 5) is 6.65. The highest BCUT2D eigenvalue weighted by Gasteiger charge is 2.19. The van der Waals surface area contributed by atoms with Crippen molar-refractivity contribution in [3.8, 4) is 6.07 Å². The van der Waals surface area contributed by atoms with E-state index in [4.69, 9.17) is 11.0 Å². The second-order valence-electron chi connectivity index (χ2n) is 4.99. The van der Waals surface area contributed by atoms with E-state index in [1.165, 1.54) is 0 Å². The van der Waals surface area contributed by atoms with Crippen LogP contribution in [0.5, 0.6) is 0 Å². The third-order valence-electron chi connectivity index (χ3n) is 3.67. The zero-order valence-electron chi connectivity index (χ0n) is 10.7. The molecule has 0 spiro atoms. The summed E-state index contributed by atoms with van der Waals surface area (Å²) in [6.07, 6.45) is 3.93. The Labute approximate surface area is 112 Å². The zero-order chi connectivity index (χ0) is 13.2. The van der Waals surface area contributed by atoms with Crippen molar-refractivity contribution in [3.63, 3.8) is 0 Å². The number of pyridine rings is 1. The minimum Gasteiger partial charge on any atom is -0.369 e. The molecule has 96 valence electrons. The number of hydrogen-bond acceptors (Lipinski definition) is 4. The van der Waals surface area contributed by atoms with Crippen LogP contribution in [0.2, 0.25) is 0 Å². The lowest BCUT2D eigenvalue weighted by molar-refractivity contribution is 0.507. The molecule has 4 heteroatoms. The summed E-state index contributed by atoms with van der Waals surface area (Å²) in [5.41, 5.74) is 8.59. The third kappa shape index (κ3) is 2.13. The molecule has 0 saturated carbocycles. The van der Waals surface area contributed by atoms with Crippen molar-refractivity contribution in [3.05, 3.63) is 36.0 Å². The van der Waals surface area contributed by atoms with E-state index >= 15 is 0 Å². The van der Waals surface area contributed by atoms with Crippen molar-refractivity contribution >= 4 is 16.6 Å². The first-order chi connectivity index (χ1) is 9.29. The highest BCUT2D eigenvalue weighted by Crippen LogP contribution is 2.29. The largest absolute Gasteiger partial charge is 0.369 e.